The minimum atomic E-state index is 0.484. The summed E-state index contributed by atoms with van der Waals surface area (Å²) in [4.78, 5) is 0. The summed E-state index contributed by atoms with van der Waals surface area (Å²) in [6.45, 7) is 2.00. The first-order valence-corrected chi connectivity index (χ1v) is 7.74. The molecule has 0 spiro atoms. The fourth-order valence-electron chi connectivity index (χ4n) is 3.08. The first kappa shape index (κ1) is 14.1. The number of nitrogens with zero attached hydrogens (tertiary/aromatic N) is 2. The highest BCUT2D eigenvalue weighted by Crippen LogP contribution is 2.32. The van der Waals surface area contributed by atoms with Crippen LogP contribution in [0.3, 0.4) is 0 Å². The molecular weight excluding hydrogens is 262 g/mol. The Morgan fingerprint density at radius 3 is 3.19 bits per heavy atom. The fourth-order valence-corrected chi connectivity index (χ4v) is 3.08. The van der Waals surface area contributed by atoms with Crippen molar-refractivity contribution >= 4 is 0 Å². The molecule has 0 bridgehead atoms. The maximum Gasteiger partial charge on any atom is 0.119 e. The molecule has 21 heavy (non-hydrogen) atoms. The highest BCUT2D eigenvalue weighted by molar-refractivity contribution is 5.39. The van der Waals surface area contributed by atoms with Crippen LogP contribution in [0.5, 0.6) is 5.75 Å². The molecule has 1 unspecified atom stereocenters. The van der Waals surface area contributed by atoms with Gasteiger partial charge in [-0.3, -0.25) is 4.68 Å². The lowest BCUT2D eigenvalue weighted by Gasteiger charge is -2.27. The molecular formula is C17H23N3O. The highest BCUT2D eigenvalue weighted by Gasteiger charge is 2.19. The molecule has 112 valence electrons. The highest BCUT2D eigenvalue weighted by atomic mass is 16.5. The summed E-state index contributed by atoms with van der Waals surface area (Å²) < 4.78 is 7.31. The fraction of sp³-hybridized carbons (Fsp3) is 0.471. The van der Waals surface area contributed by atoms with Gasteiger partial charge in [0.25, 0.3) is 0 Å². The van der Waals surface area contributed by atoms with E-state index in [1.54, 1.807) is 7.11 Å². The van der Waals surface area contributed by atoms with Crippen LogP contribution < -0.4 is 10.1 Å². The third kappa shape index (κ3) is 3.45. The third-order valence-corrected chi connectivity index (χ3v) is 4.18. The van der Waals surface area contributed by atoms with Crippen LogP contribution in [-0.4, -0.2) is 23.4 Å². The van der Waals surface area contributed by atoms with E-state index in [-0.39, 0.29) is 0 Å². The van der Waals surface area contributed by atoms with Crippen LogP contribution in [0.2, 0.25) is 0 Å². The van der Waals surface area contributed by atoms with Crippen molar-refractivity contribution in [2.45, 2.75) is 38.3 Å². The van der Waals surface area contributed by atoms with Gasteiger partial charge in [-0.05, 0) is 61.6 Å². The first-order chi connectivity index (χ1) is 10.4. The number of aromatic nitrogens is 2. The van der Waals surface area contributed by atoms with E-state index in [1.807, 2.05) is 23.1 Å². The van der Waals surface area contributed by atoms with Crippen molar-refractivity contribution in [3.63, 3.8) is 0 Å². The van der Waals surface area contributed by atoms with Crippen LogP contribution in [-0.2, 0) is 13.0 Å². The largest absolute Gasteiger partial charge is 0.497 e. The monoisotopic (exact) mass is 285 g/mol. The molecule has 1 heterocycles. The number of aryl methyl sites for hydroxylation is 2. The molecule has 0 aliphatic heterocycles. The van der Waals surface area contributed by atoms with Crippen LogP contribution in [0.25, 0.3) is 0 Å². The minimum Gasteiger partial charge on any atom is -0.497 e. The van der Waals surface area contributed by atoms with Crippen molar-refractivity contribution in [3.05, 3.63) is 47.8 Å². The van der Waals surface area contributed by atoms with Crippen molar-refractivity contribution < 1.29 is 4.74 Å². The molecule has 0 saturated carbocycles. The van der Waals surface area contributed by atoms with Crippen LogP contribution in [0, 0.1) is 0 Å². The van der Waals surface area contributed by atoms with Crippen molar-refractivity contribution in [2.75, 3.05) is 13.7 Å². The summed E-state index contributed by atoms with van der Waals surface area (Å²) in [6, 6.07) is 8.93. The van der Waals surface area contributed by atoms with Crippen molar-refractivity contribution in [2.24, 2.45) is 0 Å². The summed E-state index contributed by atoms with van der Waals surface area (Å²) in [5.74, 6) is 0.966. The first-order valence-electron chi connectivity index (χ1n) is 7.74. The number of benzene rings is 1. The predicted molar refractivity (Wildman–Crippen MR) is 83.5 cm³/mol. The van der Waals surface area contributed by atoms with Gasteiger partial charge in [-0.15, -0.1) is 0 Å². The van der Waals surface area contributed by atoms with E-state index in [2.05, 4.69) is 28.6 Å². The molecule has 4 nitrogen and oxygen atoms in total. The van der Waals surface area contributed by atoms with E-state index in [1.165, 1.54) is 24.0 Å². The molecule has 0 saturated heterocycles. The van der Waals surface area contributed by atoms with Crippen LogP contribution in [0.4, 0.5) is 0 Å². The van der Waals surface area contributed by atoms with E-state index >= 15 is 0 Å². The standard InChI is InChI=1S/C17H23N3O/c1-21-15-7-8-16-14(13-15)5-2-6-17(16)18-9-3-11-20-12-4-10-19-20/h4,7-8,10,12-13,17-18H,2-3,5-6,9,11H2,1H3. The minimum absolute atomic E-state index is 0.484. The van der Waals surface area contributed by atoms with Crippen LogP contribution in [0.1, 0.15) is 36.4 Å². The zero-order chi connectivity index (χ0) is 14.5. The lowest BCUT2D eigenvalue weighted by Crippen LogP contribution is -2.26. The molecule has 1 N–H and O–H groups in total. The van der Waals surface area contributed by atoms with E-state index in [0.717, 1.165) is 31.7 Å². The second-order valence-electron chi connectivity index (χ2n) is 5.59. The van der Waals surface area contributed by atoms with E-state index in [9.17, 15) is 0 Å². The van der Waals surface area contributed by atoms with Gasteiger partial charge >= 0.3 is 0 Å². The summed E-state index contributed by atoms with van der Waals surface area (Å²) in [6.07, 6.45) is 8.58. The lowest BCUT2D eigenvalue weighted by molar-refractivity contribution is 0.409. The normalized spacial score (nSPS) is 17.5. The van der Waals surface area contributed by atoms with Crippen molar-refractivity contribution in [1.82, 2.24) is 15.1 Å². The lowest BCUT2D eigenvalue weighted by atomic mass is 9.87. The Morgan fingerprint density at radius 2 is 2.38 bits per heavy atom. The Kier molecular flexibility index (Phi) is 4.55. The van der Waals surface area contributed by atoms with Crippen molar-refractivity contribution in [1.29, 1.82) is 0 Å². The van der Waals surface area contributed by atoms with Gasteiger partial charge in [-0.2, -0.15) is 5.10 Å². The molecule has 1 aromatic heterocycles. The number of fused-ring (bicyclic) bond motifs is 1. The van der Waals surface area contributed by atoms with Gasteiger partial charge in [0.05, 0.1) is 7.11 Å². The average Bonchev–Trinajstić information content (AvgIpc) is 3.04. The summed E-state index contributed by atoms with van der Waals surface area (Å²) in [7, 11) is 1.73. The topological polar surface area (TPSA) is 39.1 Å². The zero-order valence-electron chi connectivity index (χ0n) is 12.6. The number of ether oxygens (including phenoxy) is 1. The molecule has 4 heteroatoms. The van der Waals surface area contributed by atoms with Gasteiger partial charge in [0.15, 0.2) is 0 Å². The smallest absolute Gasteiger partial charge is 0.119 e. The third-order valence-electron chi connectivity index (χ3n) is 4.18. The van der Waals surface area contributed by atoms with Crippen LogP contribution >= 0.6 is 0 Å². The second kappa shape index (κ2) is 6.76. The predicted octanol–water partition coefficient (Wildman–Crippen LogP) is 2.95. The number of hydrogen-bond acceptors (Lipinski definition) is 3. The zero-order valence-corrected chi connectivity index (χ0v) is 12.6. The molecule has 2 aromatic rings. The van der Waals surface area contributed by atoms with Gasteiger partial charge in [0, 0.05) is 25.0 Å². The van der Waals surface area contributed by atoms with Gasteiger partial charge in [-0.1, -0.05) is 6.07 Å². The molecule has 0 amide bonds. The number of hydrogen-bond donors (Lipinski definition) is 1. The van der Waals surface area contributed by atoms with Crippen LogP contribution in [0.15, 0.2) is 36.7 Å². The molecule has 0 fully saturated rings. The Bertz CT molecular complexity index is 565. The molecule has 1 aliphatic carbocycles. The summed E-state index contributed by atoms with van der Waals surface area (Å²) in [5.41, 5.74) is 2.88. The average molecular weight is 285 g/mol. The maximum absolute atomic E-state index is 5.33. The Hall–Kier alpha value is -1.81. The summed E-state index contributed by atoms with van der Waals surface area (Å²) in [5, 5.41) is 7.93. The number of nitrogens with one attached hydrogen (secondary N) is 1. The number of rotatable bonds is 6. The van der Waals surface area contributed by atoms with E-state index in [0.29, 0.717) is 6.04 Å². The van der Waals surface area contributed by atoms with Gasteiger partial charge in [-0.25, -0.2) is 0 Å². The summed E-state index contributed by atoms with van der Waals surface area (Å²) >= 11 is 0. The van der Waals surface area contributed by atoms with E-state index < -0.39 is 0 Å². The van der Waals surface area contributed by atoms with Gasteiger partial charge < -0.3 is 10.1 Å². The molecule has 1 aliphatic rings. The maximum atomic E-state index is 5.33. The van der Waals surface area contributed by atoms with Crippen molar-refractivity contribution in [3.8, 4) is 5.75 Å². The Labute approximate surface area is 126 Å². The molecule has 1 aromatic carbocycles. The van der Waals surface area contributed by atoms with Gasteiger partial charge in [0.1, 0.15) is 5.75 Å². The SMILES string of the molecule is COc1ccc2c(c1)CCCC2NCCCn1cccn1. The quantitative estimate of drug-likeness (QED) is 0.829. The molecule has 3 rings (SSSR count). The Balaban J connectivity index is 1.55. The van der Waals surface area contributed by atoms with E-state index in [4.69, 9.17) is 4.74 Å². The van der Waals surface area contributed by atoms with Gasteiger partial charge in [0.2, 0.25) is 0 Å². The Morgan fingerprint density at radius 1 is 1.43 bits per heavy atom. The number of methoxy groups -OCH3 is 1. The molecule has 1 atom stereocenters. The second-order valence-corrected chi connectivity index (χ2v) is 5.59. The molecule has 0 radical (unpaired) electrons.